The second-order valence-corrected chi connectivity index (χ2v) is 6.72. The van der Waals surface area contributed by atoms with Crippen LogP contribution in [0.4, 0.5) is 29.1 Å². The highest BCUT2D eigenvalue weighted by Crippen LogP contribution is 2.28. The van der Waals surface area contributed by atoms with Gasteiger partial charge in [-0.3, -0.25) is 0 Å². The number of nitrogens with zero attached hydrogens (tertiary/aromatic N) is 6. The minimum absolute atomic E-state index is 0.00667. The van der Waals surface area contributed by atoms with Gasteiger partial charge in [0.15, 0.2) is 5.65 Å². The molecular formula is C18H15F4N7. The van der Waals surface area contributed by atoms with Gasteiger partial charge in [0.05, 0.1) is 17.3 Å². The Morgan fingerprint density at radius 1 is 1.17 bits per heavy atom. The molecule has 3 heterocycles. The molecule has 0 aliphatic carbocycles. The van der Waals surface area contributed by atoms with Crippen molar-refractivity contribution in [2.75, 3.05) is 23.3 Å². The molecule has 150 valence electrons. The van der Waals surface area contributed by atoms with Crippen LogP contribution in [0, 0.1) is 17.1 Å². The van der Waals surface area contributed by atoms with Crippen molar-refractivity contribution in [1.82, 2.24) is 19.8 Å². The van der Waals surface area contributed by atoms with Crippen molar-refractivity contribution in [3.63, 3.8) is 0 Å². The molecule has 7 nitrogen and oxygen atoms in total. The van der Waals surface area contributed by atoms with E-state index in [-0.39, 0.29) is 23.1 Å². The molecule has 1 N–H and O–H groups in total. The summed E-state index contributed by atoms with van der Waals surface area (Å²) in [5, 5.41) is 22.6. The summed E-state index contributed by atoms with van der Waals surface area (Å²) < 4.78 is 54.1. The maximum atomic E-state index is 14.3. The van der Waals surface area contributed by atoms with E-state index >= 15 is 0 Å². The summed E-state index contributed by atoms with van der Waals surface area (Å²) >= 11 is 0. The molecule has 0 bridgehead atoms. The first-order chi connectivity index (χ1) is 13.8. The number of halogens is 4. The molecule has 1 aromatic carbocycles. The molecule has 1 aliphatic rings. The van der Waals surface area contributed by atoms with Crippen LogP contribution >= 0.6 is 0 Å². The Morgan fingerprint density at radius 3 is 2.72 bits per heavy atom. The second kappa shape index (κ2) is 7.20. The molecule has 1 fully saturated rings. The van der Waals surface area contributed by atoms with Gasteiger partial charge in [0, 0.05) is 19.1 Å². The van der Waals surface area contributed by atoms with Crippen molar-refractivity contribution in [1.29, 1.82) is 5.26 Å². The molecule has 29 heavy (non-hydrogen) atoms. The van der Waals surface area contributed by atoms with E-state index in [1.807, 2.05) is 11.0 Å². The molecule has 3 aromatic rings. The third kappa shape index (κ3) is 3.78. The minimum atomic E-state index is -4.67. The van der Waals surface area contributed by atoms with Gasteiger partial charge in [-0.1, -0.05) is 0 Å². The highest BCUT2D eigenvalue weighted by Gasteiger charge is 2.37. The summed E-state index contributed by atoms with van der Waals surface area (Å²) in [6, 6.07) is 8.99. The van der Waals surface area contributed by atoms with Crippen LogP contribution in [-0.2, 0) is 6.18 Å². The number of aromatic nitrogens is 4. The average Bonchev–Trinajstić information content (AvgIpc) is 3.12. The van der Waals surface area contributed by atoms with Crippen molar-refractivity contribution in [3.8, 4) is 6.07 Å². The fourth-order valence-corrected chi connectivity index (χ4v) is 3.40. The number of rotatable bonds is 3. The van der Waals surface area contributed by atoms with Crippen LogP contribution < -0.4 is 10.2 Å². The van der Waals surface area contributed by atoms with E-state index in [4.69, 9.17) is 5.26 Å². The van der Waals surface area contributed by atoms with Gasteiger partial charge in [0.1, 0.15) is 11.6 Å². The molecule has 11 heteroatoms. The standard InChI is InChI=1S/C18H15F4N7/c19-13-8-11(9-23)3-4-14(13)28-7-1-2-12(10-28)24-15-5-6-16-25-26-17(18(20,21)22)29(16)27-15/h3-6,8,12H,1-2,7,10H2,(H,24,27). The second-order valence-electron chi connectivity index (χ2n) is 6.72. The van der Waals surface area contributed by atoms with Gasteiger partial charge < -0.3 is 10.2 Å². The van der Waals surface area contributed by atoms with Crippen LogP contribution in [0.1, 0.15) is 24.2 Å². The first-order valence-electron chi connectivity index (χ1n) is 8.86. The predicted molar refractivity (Wildman–Crippen MR) is 95.8 cm³/mol. The number of hydrogen-bond donors (Lipinski definition) is 1. The molecule has 1 unspecified atom stereocenters. The van der Waals surface area contributed by atoms with Gasteiger partial charge in [-0.05, 0) is 43.2 Å². The van der Waals surface area contributed by atoms with Crippen molar-refractivity contribution in [2.24, 2.45) is 0 Å². The summed E-state index contributed by atoms with van der Waals surface area (Å²) in [7, 11) is 0. The lowest BCUT2D eigenvalue weighted by atomic mass is 10.0. The fourth-order valence-electron chi connectivity index (χ4n) is 3.40. The van der Waals surface area contributed by atoms with Crippen LogP contribution in [0.3, 0.4) is 0 Å². The maximum Gasteiger partial charge on any atom is 0.453 e. The zero-order chi connectivity index (χ0) is 20.6. The molecule has 0 saturated carbocycles. The number of piperidine rings is 1. The zero-order valence-corrected chi connectivity index (χ0v) is 15.0. The van der Waals surface area contributed by atoms with Crippen LogP contribution in [-0.4, -0.2) is 38.9 Å². The smallest absolute Gasteiger partial charge is 0.367 e. The van der Waals surface area contributed by atoms with Gasteiger partial charge >= 0.3 is 6.18 Å². The van der Waals surface area contributed by atoms with Gasteiger partial charge in [0.25, 0.3) is 5.82 Å². The lowest BCUT2D eigenvalue weighted by Crippen LogP contribution is -2.42. The Balaban J connectivity index is 1.53. The predicted octanol–water partition coefficient (Wildman–Crippen LogP) is 3.23. The quantitative estimate of drug-likeness (QED) is 0.674. The van der Waals surface area contributed by atoms with Crippen molar-refractivity contribution in [3.05, 3.63) is 47.5 Å². The summed E-state index contributed by atoms with van der Waals surface area (Å²) in [6.45, 7) is 1.08. The molecule has 1 aliphatic heterocycles. The molecule has 4 rings (SSSR count). The minimum Gasteiger partial charge on any atom is -0.367 e. The van der Waals surface area contributed by atoms with E-state index in [2.05, 4.69) is 20.6 Å². The fraction of sp³-hybridized carbons (Fsp3) is 0.333. The normalized spacial score (nSPS) is 17.3. The summed E-state index contributed by atoms with van der Waals surface area (Å²) in [4.78, 5) is 1.84. The van der Waals surface area contributed by atoms with Crippen LogP contribution in [0.5, 0.6) is 0 Å². The molecule has 1 atom stereocenters. The number of benzene rings is 1. The number of nitrogens with one attached hydrogen (secondary N) is 1. The molecule has 2 aromatic heterocycles. The Bertz CT molecular complexity index is 1090. The van der Waals surface area contributed by atoms with Crippen LogP contribution in [0.15, 0.2) is 30.3 Å². The molecule has 1 saturated heterocycles. The SMILES string of the molecule is N#Cc1ccc(N2CCCC(Nc3ccc4nnc(C(F)(F)F)n4n3)C2)c(F)c1. The maximum absolute atomic E-state index is 14.3. The van der Waals surface area contributed by atoms with E-state index in [1.54, 1.807) is 12.1 Å². The highest BCUT2D eigenvalue weighted by atomic mass is 19.4. The van der Waals surface area contributed by atoms with Gasteiger partial charge in [-0.2, -0.15) is 22.9 Å². The Kier molecular flexibility index (Phi) is 4.70. The largest absolute Gasteiger partial charge is 0.453 e. The third-order valence-corrected chi connectivity index (χ3v) is 4.71. The third-order valence-electron chi connectivity index (χ3n) is 4.71. The van der Waals surface area contributed by atoms with Crippen molar-refractivity contribution >= 4 is 17.2 Å². The topological polar surface area (TPSA) is 82.1 Å². The number of nitriles is 1. The number of hydrogen-bond acceptors (Lipinski definition) is 6. The summed E-state index contributed by atoms with van der Waals surface area (Å²) in [5.41, 5.74) is 0.620. The van der Waals surface area contributed by atoms with Gasteiger partial charge in [-0.15, -0.1) is 15.3 Å². The van der Waals surface area contributed by atoms with Gasteiger partial charge in [0.2, 0.25) is 0 Å². The lowest BCUT2D eigenvalue weighted by Gasteiger charge is -2.35. The van der Waals surface area contributed by atoms with E-state index in [0.29, 0.717) is 23.3 Å². The van der Waals surface area contributed by atoms with E-state index in [1.165, 1.54) is 18.2 Å². The molecular weight excluding hydrogens is 390 g/mol. The lowest BCUT2D eigenvalue weighted by molar-refractivity contribution is -0.146. The monoisotopic (exact) mass is 405 g/mol. The average molecular weight is 405 g/mol. The van der Waals surface area contributed by atoms with E-state index < -0.39 is 17.8 Å². The Morgan fingerprint density at radius 2 is 2.00 bits per heavy atom. The Labute approximate surface area is 162 Å². The van der Waals surface area contributed by atoms with Crippen molar-refractivity contribution < 1.29 is 17.6 Å². The summed E-state index contributed by atoms with van der Waals surface area (Å²) in [5.74, 6) is -1.43. The van der Waals surface area contributed by atoms with E-state index in [0.717, 1.165) is 12.8 Å². The molecule has 0 radical (unpaired) electrons. The van der Waals surface area contributed by atoms with Crippen LogP contribution in [0.25, 0.3) is 5.65 Å². The Hall–Kier alpha value is -3.42. The van der Waals surface area contributed by atoms with Crippen molar-refractivity contribution in [2.45, 2.75) is 25.1 Å². The number of anilines is 2. The first-order valence-corrected chi connectivity index (χ1v) is 8.86. The zero-order valence-electron chi connectivity index (χ0n) is 15.0. The first kappa shape index (κ1) is 18.9. The van der Waals surface area contributed by atoms with Gasteiger partial charge in [-0.25, -0.2) is 4.39 Å². The number of alkyl halides is 3. The highest BCUT2D eigenvalue weighted by molar-refractivity contribution is 5.52. The van der Waals surface area contributed by atoms with Crippen LogP contribution in [0.2, 0.25) is 0 Å². The molecule has 0 spiro atoms. The van der Waals surface area contributed by atoms with E-state index in [9.17, 15) is 17.6 Å². The summed E-state index contributed by atoms with van der Waals surface area (Å²) in [6.07, 6.45) is -3.15. The number of fused-ring (bicyclic) bond motifs is 1. The molecule has 0 amide bonds.